The van der Waals surface area contributed by atoms with Gasteiger partial charge in [-0.1, -0.05) is 24.4 Å². The summed E-state index contributed by atoms with van der Waals surface area (Å²) in [6, 6.07) is 5.10. The van der Waals surface area contributed by atoms with Crippen LogP contribution in [0, 0.1) is 6.92 Å². The molecule has 0 atom stereocenters. The zero-order valence-electron chi connectivity index (χ0n) is 17.0. The van der Waals surface area contributed by atoms with E-state index in [1.807, 2.05) is 0 Å². The van der Waals surface area contributed by atoms with Gasteiger partial charge in [0.15, 0.2) is 7.28 Å². The Hall–Kier alpha value is -1.89. The lowest BCUT2D eigenvalue weighted by molar-refractivity contribution is -0.116. The average molecular weight is 481 g/mol. The highest BCUT2D eigenvalue weighted by Crippen LogP contribution is 2.32. The molecule has 0 spiro atoms. The Bertz CT molecular complexity index is 1220. The van der Waals surface area contributed by atoms with Crippen molar-refractivity contribution in [3.8, 4) is 0 Å². The fourth-order valence-electron chi connectivity index (χ4n) is 3.18. The number of sulfone groups is 1. The first-order valence-electron chi connectivity index (χ1n) is 9.03. The van der Waals surface area contributed by atoms with Crippen molar-refractivity contribution in [2.75, 3.05) is 0 Å². The predicted molar refractivity (Wildman–Crippen MR) is 122 cm³/mol. The minimum atomic E-state index is -4.69. The second-order valence-electron chi connectivity index (χ2n) is 6.61. The van der Waals surface area contributed by atoms with E-state index in [-0.39, 0.29) is 21.7 Å². The first kappa shape index (κ1) is 25.4. The van der Waals surface area contributed by atoms with E-state index in [0.29, 0.717) is 40.0 Å². The highest BCUT2D eigenvalue weighted by atomic mass is 32.2. The molecule has 0 unspecified atom stereocenters. The van der Waals surface area contributed by atoms with Gasteiger partial charge in [-0.15, -0.1) is 13.2 Å². The zero-order valence-corrected chi connectivity index (χ0v) is 19.5. The molecule has 1 radical (unpaired) electrons. The Morgan fingerprint density at radius 3 is 2.10 bits per heavy atom. The minimum absolute atomic E-state index is 0.117. The lowest BCUT2D eigenvalue weighted by Gasteiger charge is -2.16. The first-order valence-corrected chi connectivity index (χ1v) is 12.7. The lowest BCUT2D eigenvalue weighted by atomic mass is 9.70. The van der Waals surface area contributed by atoms with Gasteiger partial charge in [0.05, 0.1) is 26.7 Å². The summed E-state index contributed by atoms with van der Waals surface area (Å²) in [4.78, 5) is -0.537. The third-order valence-electron chi connectivity index (χ3n) is 4.69. The molecule has 31 heavy (non-hydrogen) atoms. The molecule has 2 aromatic carbocycles. The van der Waals surface area contributed by atoms with Gasteiger partial charge in [0, 0.05) is 4.90 Å². The molecular weight excluding hydrogens is 459 g/mol. The van der Waals surface area contributed by atoms with Crippen LogP contribution in [0.2, 0.25) is 6.82 Å². The predicted octanol–water partition coefficient (Wildman–Crippen LogP) is 3.41. The van der Waals surface area contributed by atoms with E-state index in [2.05, 4.69) is 17.5 Å². The van der Waals surface area contributed by atoms with Crippen molar-refractivity contribution in [3.63, 3.8) is 0 Å². The van der Waals surface area contributed by atoms with Crippen molar-refractivity contribution in [2.24, 2.45) is 0 Å². The van der Waals surface area contributed by atoms with Gasteiger partial charge in [-0.2, -0.15) is 12.8 Å². The molecule has 0 aromatic heterocycles. The van der Waals surface area contributed by atoms with E-state index in [1.54, 1.807) is 19.8 Å². The third-order valence-corrected chi connectivity index (χ3v) is 7.97. The standard InChI is InChI=1S/C20H22BO7S3/c1-5-7-14-9-16(11-18(13(14)3)29-28-22)30(23,24)17-10-15(8-6-2)20(21-4)19(12-17)31(25,26)27/h5-6,9-12,22H,1-2,7-8H2,3-4H3,(H,25,26,27). The Labute approximate surface area is 187 Å². The molecule has 165 valence electrons. The SMILES string of the molecule is C=CCc1cc(S(=O)(=O)c2cc(CC=C)c([B]C)c(S(=O)(=O)O)c2)cc(SOO)c1C. The smallest absolute Gasteiger partial charge is 0.282 e. The van der Waals surface area contributed by atoms with Crippen molar-refractivity contribution in [3.05, 3.63) is 66.3 Å². The minimum Gasteiger partial charge on any atom is -0.282 e. The van der Waals surface area contributed by atoms with Crippen LogP contribution in [-0.4, -0.2) is 33.9 Å². The van der Waals surface area contributed by atoms with Gasteiger partial charge in [-0.3, -0.25) is 4.55 Å². The van der Waals surface area contributed by atoms with Gasteiger partial charge in [0.25, 0.3) is 10.1 Å². The fourth-order valence-corrected chi connectivity index (χ4v) is 6.06. The van der Waals surface area contributed by atoms with Crippen molar-refractivity contribution in [1.82, 2.24) is 0 Å². The molecule has 2 rings (SSSR count). The number of allylic oxidation sites excluding steroid dienone is 2. The molecule has 0 saturated carbocycles. The molecule has 0 bridgehead atoms. The molecule has 0 aliphatic rings. The highest BCUT2D eigenvalue weighted by molar-refractivity contribution is 7.94. The molecule has 0 saturated heterocycles. The second-order valence-corrected chi connectivity index (χ2v) is 10.7. The van der Waals surface area contributed by atoms with E-state index in [0.717, 1.165) is 6.07 Å². The summed E-state index contributed by atoms with van der Waals surface area (Å²) in [5.41, 5.74) is 1.95. The average Bonchev–Trinajstić information content (AvgIpc) is 2.70. The second kappa shape index (κ2) is 10.2. The molecule has 0 aliphatic carbocycles. The van der Waals surface area contributed by atoms with Crippen LogP contribution < -0.4 is 5.46 Å². The summed E-state index contributed by atoms with van der Waals surface area (Å²) >= 11 is 0.595. The van der Waals surface area contributed by atoms with Crippen molar-refractivity contribution >= 4 is 44.7 Å². The fraction of sp³-hybridized carbons (Fsp3) is 0.200. The molecule has 0 amide bonds. The largest absolute Gasteiger partial charge is 0.294 e. The van der Waals surface area contributed by atoms with Gasteiger partial charge in [0.1, 0.15) is 0 Å². The molecule has 2 N–H and O–H groups in total. The van der Waals surface area contributed by atoms with Crippen LogP contribution in [0.4, 0.5) is 0 Å². The van der Waals surface area contributed by atoms with Crippen LogP contribution >= 0.6 is 12.0 Å². The maximum absolute atomic E-state index is 13.4. The van der Waals surface area contributed by atoms with Crippen molar-refractivity contribution in [1.29, 1.82) is 0 Å². The van der Waals surface area contributed by atoms with E-state index in [4.69, 9.17) is 5.26 Å². The first-order chi connectivity index (χ1) is 14.5. The summed E-state index contributed by atoms with van der Waals surface area (Å²) in [7, 11) is -7.40. The highest BCUT2D eigenvalue weighted by Gasteiger charge is 2.26. The number of hydrogen-bond donors (Lipinski definition) is 2. The summed E-state index contributed by atoms with van der Waals surface area (Å²) in [5.74, 6) is 0. The Morgan fingerprint density at radius 1 is 1.03 bits per heavy atom. The van der Waals surface area contributed by atoms with Gasteiger partial charge in [0.2, 0.25) is 9.84 Å². The van der Waals surface area contributed by atoms with Gasteiger partial charge in [-0.05, 0) is 60.7 Å². The summed E-state index contributed by atoms with van der Waals surface area (Å²) in [5, 5.41) is 8.84. The van der Waals surface area contributed by atoms with E-state index >= 15 is 0 Å². The molecule has 11 heteroatoms. The quantitative estimate of drug-likeness (QED) is 0.132. The maximum atomic E-state index is 13.4. The number of hydrogen-bond acceptors (Lipinski definition) is 7. The molecule has 0 heterocycles. The van der Waals surface area contributed by atoms with Crippen molar-refractivity contribution in [2.45, 2.75) is 46.2 Å². The van der Waals surface area contributed by atoms with Crippen molar-refractivity contribution < 1.29 is 31.0 Å². The molecular formula is C20H22BO7S3. The van der Waals surface area contributed by atoms with E-state index < -0.39 is 24.9 Å². The molecule has 0 fully saturated rings. The maximum Gasteiger partial charge on any atom is 0.294 e. The molecule has 0 aliphatic heterocycles. The van der Waals surface area contributed by atoms with E-state index in [9.17, 15) is 21.4 Å². The summed E-state index contributed by atoms with van der Waals surface area (Å²) in [6.07, 6.45) is 3.68. The normalized spacial score (nSPS) is 11.9. The third kappa shape index (κ3) is 5.49. The Balaban J connectivity index is 2.85. The molecule has 7 nitrogen and oxygen atoms in total. The van der Waals surface area contributed by atoms with Crippen LogP contribution in [0.25, 0.3) is 0 Å². The van der Waals surface area contributed by atoms with Gasteiger partial charge < -0.3 is 0 Å². The lowest BCUT2D eigenvalue weighted by Crippen LogP contribution is -2.25. The van der Waals surface area contributed by atoms with Gasteiger partial charge >= 0.3 is 0 Å². The Kier molecular flexibility index (Phi) is 8.31. The van der Waals surface area contributed by atoms with Crippen LogP contribution in [-0.2, 0) is 37.1 Å². The van der Waals surface area contributed by atoms with Crippen LogP contribution in [0.3, 0.4) is 0 Å². The molecule has 2 aromatic rings. The van der Waals surface area contributed by atoms with Crippen LogP contribution in [0.5, 0.6) is 0 Å². The van der Waals surface area contributed by atoms with Crippen LogP contribution in [0.1, 0.15) is 16.7 Å². The summed E-state index contributed by atoms with van der Waals surface area (Å²) in [6.45, 7) is 10.6. The summed E-state index contributed by atoms with van der Waals surface area (Å²) < 4.78 is 64.6. The van der Waals surface area contributed by atoms with Gasteiger partial charge in [-0.25, -0.2) is 13.7 Å². The zero-order chi connectivity index (χ0) is 23.4. The monoisotopic (exact) mass is 481 g/mol. The van der Waals surface area contributed by atoms with Crippen LogP contribution in [0.15, 0.2) is 69.2 Å². The Morgan fingerprint density at radius 2 is 1.58 bits per heavy atom. The number of benzene rings is 2. The number of rotatable bonds is 10. The van der Waals surface area contributed by atoms with E-state index in [1.165, 1.54) is 31.6 Å². The topological polar surface area (TPSA) is 118 Å².